The minimum Gasteiger partial charge on any atom is -0.408 e. The van der Waals surface area contributed by atoms with Crippen molar-refractivity contribution in [3.05, 3.63) is 27.7 Å². The average molecular weight is 248 g/mol. The Balaban J connectivity index is 2.60. The first-order chi connectivity index (χ1) is 7.00. The summed E-state index contributed by atoms with van der Waals surface area (Å²) in [4.78, 5) is 12.3. The summed E-state index contributed by atoms with van der Waals surface area (Å²) in [6.45, 7) is 0. The molecule has 0 saturated heterocycles. The lowest BCUT2D eigenvalue weighted by Gasteiger charge is -2.30. The molecule has 15 heavy (non-hydrogen) atoms. The van der Waals surface area contributed by atoms with Crippen LogP contribution in [0, 0.1) is 0 Å². The van der Waals surface area contributed by atoms with E-state index >= 15 is 0 Å². The third kappa shape index (κ3) is 1.65. The lowest BCUT2D eigenvalue weighted by atomic mass is 10.1. The maximum Gasteiger partial charge on any atom is 0.417 e. The van der Waals surface area contributed by atoms with Crippen LogP contribution >= 0.6 is 23.2 Å². The van der Waals surface area contributed by atoms with Crippen molar-refractivity contribution in [2.45, 2.75) is 6.23 Å². The Morgan fingerprint density at radius 3 is 2.80 bits per heavy atom. The van der Waals surface area contributed by atoms with Crippen LogP contribution in [-0.4, -0.2) is 23.1 Å². The SMILES string of the molecule is CN1C(=O)Oc2c(Cl)cc(Cl)cc2C1O. The molecular weight excluding hydrogens is 241 g/mol. The number of benzene rings is 1. The number of hydrogen-bond donors (Lipinski definition) is 1. The standard InChI is InChI=1S/C9H7Cl2NO3/c1-12-8(13)5-2-4(10)3-6(11)7(5)15-9(12)14/h2-3,8,13H,1H3. The van der Waals surface area contributed by atoms with Gasteiger partial charge in [0.1, 0.15) is 0 Å². The number of halogens is 2. The van der Waals surface area contributed by atoms with E-state index in [1.54, 1.807) is 0 Å². The molecule has 80 valence electrons. The van der Waals surface area contributed by atoms with Crippen molar-refractivity contribution < 1.29 is 14.6 Å². The summed E-state index contributed by atoms with van der Waals surface area (Å²) in [7, 11) is 1.42. The van der Waals surface area contributed by atoms with Crippen LogP contribution < -0.4 is 4.74 Å². The second kappa shape index (κ2) is 3.56. The maximum atomic E-state index is 11.3. The van der Waals surface area contributed by atoms with Gasteiger partial charge in [-0.15, -0.1) is 0 Å². The van der Waals surface area contributed by atoms with Gasteiger partial charge in [-0.3, -0.25) is 4.90 Å². The van der Waals surface area contributed by atoms with Crippen LogP contribution in [0.4, 0.5) is 4.79 Å². The molecule has 0 radical (unpaired) electrons. The van der Waals surface area contributed by atoms with Gasteiger partial charge in [-0.05, 0) is 12.1 Å². The molecule has 0 saturated carbocycles. The highest BCUT2D eigenvalue weighted by atomic mass is 35.5. The van der Waals surface area contributed by atoms with E-state index in [1.807, 2.05) is 0 Å². The molecule has 0 aromatic heterocycles. The minimum atomic E-state index is -1.09. The van der Waals surface area contributed by atoms with Crippen molar-refractivity contribution in [2.75, 3.05) is 7.05 Å². The van der Waals surface area contributed by atoms with E-state index in [-0.39, 0.29) is 10.8 Å². The Morgan fingerprint density at radius 1 is 1.47 bits per heavy atom. The number of carbonyl (C=O) groups is 1. The molecule has 1 unspecified atom stereocenters. The molecule has 6 heteroatoms. The zero-order chi connectivity index (χ0) is 11.2. The van der Waals surface area contributed by atoms with E-state index in [9.17, 15) is 9.90 Å². The summed E-state index contributed by atoms with van der Waals surface area (Å²) in [5.41, 5.74) is 0.384. The fourth-order valence-corrected chi connectivity index (χ4v) is 1.90. The average Bonchev–Trinajstić information content (AvgIpc) is 2.17. The molecule has 1 atom stereocenters. The smallest absolute Gasteiger partial charge is 0.408 e. The molecular formula is C9H7Cl2NO3. The van der Waals surface area contributed by atoms with E-state index in [2.05, 4.69) is 0 Å². The van der Waals surface area contributed by atoms with Crippen LogP contribution in [-0.2, 0) is 0 Å². The number of carbonyl (C=O) groups excluding carboxylic acids is 1. The number of hydrogen-bond acceptors (Lipinski definition) is 3. The van der Waals surface area contributed by atoms with Gasteiger partial charge in [0.15, 0.2) is 12.0 Å². The van der Waals surface area contributed by atoms with E-state index in [4.69, 9.17) is 27.9 Å². The highest BCUT2D eigenvalue weighted by Gasteiger charge is 2.32. The van der Waals surface area contributed by atoms with E-state index in [0.717, 1.165) is 4.90 Å². The third-order valence-electron chi connectivity index (χ3n) is 2.16. The predicted molar refractivity (Wildman–Crippen MR) is 55.2 cm³/mol. The summed E-state index contributed by atoms with van der Waals surface area (Å²) in [6.07, 6.45) is -1.74. The molecule has 0 fully saturated rings. The Morgan fingerprint density at radius 2 is 2.13 bits per heavy atom. The second-order valence-electron chi connectivity index (χ2n) is 3.16. The zero-order valence-electron chi connectivity index (χ0n) is 7.70. The van der Waals surface area contributed by atoms with Gasteiger partial charge in [-0.25, -0.2) is 4.79 Å². The number of ether oxygens (including phenoxy) is 1. The van der Waals surface area contributed by atoms with Crippen LogP contribution in [0.15, 0.2) is 12.1 Å². The van der Waals surface area contributed by atoms with Crippen molar-refractivity contribution in [1.29, 1.82) is 0 Å². The summed E-state index contributed by atoms with van der Waals surface area (Å²) in [6, 6.07) is 2.96. The van der Waals surface area contributed by atoms with Gasteiger partial charge in [0.25, 0.3) is 0 Å². The summed E-state index contributed by atoms with van der Waals surface area (Å²) >= 11 is 11.6. The largest absolute Gasteiger partial charge is 0.417 e. The maximum absolute atomic E-state index is 11.3. The molecule has 2 rings (SSSR count). The van der Waals surface area contributed by atoms with Crippen LogP contribution in [0.2, 0.25) is 10.0 Å². The van der Waals surface area contributed by atoms with Crippen LogP contribution in [0.3, 0.4) is 0 Å². The number of fused-ring (bicyclic) bond motifs is 1. The first-order valence-electron chi connectivity index (χ1n) is 4.12. The highest BCUT2D eigenvalue weighted by Crippen LogP contribution is 2.39. The molecule has 4 nitrogen and oxygen atoms in total. The predicted octanol–water partition coefficient (Wildman–Crippen LogP) is 2.43. The quantitative estimate of drug-likeness (QED) is 0.767. The molecule has 0 bridgehead atoms. The molecule has 1 aliphatic heterocycles. The molecule has 1 aromatic carbocycles. The lowest BCUT2D eigenvalue weighted by molar-refractivity contribution is 0.0148. The molecule has 1 heterocycles. The monoisotopic (exact) mass is 247 g/mol. The highest BCUT2D eigenvalue weighted by molar-refractivity contribution is 6.35. The number of aliphatic hydroxyl groups is 1. The van der Waals surface area contributed by atoms with Crippen molar-refractivity contribution >= 4 is 29.3 Å². The van der Waals surface area contributed by atoms with Crippen molar-refractivity contribution in [3.63, 3.8) is 0 Å². The molecule has 0 spiro atoms. The number of aliphatic hydroxyl groups excluding tert-OH is 1. The van der Waals surface area contributed by atoms with E-state index in [0.29, 0.717) is 10.6 Å². The Hall–Kier alpha value is -0.970. The Kier molecular flexibility index (Phi) is 2.50. The van der Waals surface area contributed by atoms with Gasteiger partial charge < -0.3 is 9.84 Å². The second-order valence-corrected chi connectivity index (χ2v) is 4.00. The van der Waals surface area contributed by atoms with E-state index < -0.39 is 12.3 Å². The number of rotatable bonds is 0. The Labute approximate surface area is 96.0 Å². The van der Waals surface area contributed by atoms with Crippen LogP contribution in [0.25, 0.3) is 0 Å². The van der Waals surface area contributed by atoms with Crippen LogP contribution in [0.1, 0.15) is 11.8 Å². The zero-order valence-corrected chi connectivity index (χ0v) is 9.21. The van der Waals surface area contributed by atoms with Gasteiger partial charge in [0.2, 0.25) is 0 Å². The van der Waals surface area contributed by atoms with Gasteiger partial charge >= 0.3 is 6.09 Å². The summed E-state index contributed by atoms with van der Waals surface area (Å²) in [5.74, 6) is 0.164. The minimum absolute atomic E-state index is 0.164. The third-order valence-corrected chi connectivity index (χ3v) is 2.66. The Bertz CT molecular complexity index is 436. The number of nitrogens with zero attached hydrogens (tertiary/aromatic N) is 1. The fourth-order valence-electron chi connectivity index (χ4n) is 1.35. The lowest BCUT2D eigenvalue weighted by Crippen LogP contribution is -2.37. The summed E-state index contributed by atoms with van der Waals surface area (Å²) in [5, 5.41) is 10.3. The summed E-state index contributed by atoms with van der Waals surface area (Å²) < 4.78 is 4.94. The van der Waals surface area contributed by atoms with Crippen molar-refractivity contribution in [3.8, 4) is 5.75 Å². The first-order valence-corrected chi connectivity index (χ1v) is 4.88. The van der Waals surface area contributed by atoms with Crippen LogP contribution in [0.5, 0.6) is 5.75 Å². The first kappa shape index (κ1) is 10.5. The van der Waals surface area contributed by atoms with E-state index in [1.165, 1.54) is 19.2 Å². The van der Waals surface area contributed by atoms with Crippen molar-refractivity contribution in [1.82, 2.24) is 4.90 Å². The molecule has 0 aliphatic carbocycles. The van der Waals surface area contributed by atoms with Gasteiger partial charge in [-0.2, -0.15) is 0 Å². The van der Waals surface area contributed by atoms with Gasteiger partial charge in [-0.1, -0.05) is 23.2 Å². The van der Waals surface area contributed by atoms with Gasteiger partial charge in [0, 0.05) is 17.6 Å². The topological polar surface area (TPSA) is 49.8 Å². The molecule has 1 aliphatic rings. The number of amides is 1. The van der Waals surface area contributed by atoms with Crippen molar-refractivity contribution in [2.24, 2.45) is 0 Å². The normalized spacial score (nSPS) is 19.9. The molecule has 1 N–H and O–H groups in total. The molecule has 1 amide bonds. The molecule has 1 aromatic rings. The van der Waals surface area contributed by atoms with Gasteiger partial charge in [0.05, 0.1) is 5.02 Å². The fraction of sp³-hybridized carbons (Fsp3) is 0.222.